The van der Waals surface area contributed by atoms with Gasteiger partial charge in [0.05, 0.1) is 23.2 Å². The molecule has 0 saturated heterocycles. The molecule has 0 spiro atoms. The highest BCUT2D eigenvalue weighted by Crippen LogP contribution is 2.61. The Morgan fingerprint density at radius 1 is 1.43 bits per heavy atom. The van der Waals surface area contributed by atoms with E-state index < -0.39 is 7.04 Å². The van der Waals surface area contributed by atoms with E-state index in [4.69, 9.17) is 13.6 Å². The lowest BCUT2D eigenvalue weighted by Crippen LogP contribution is -2.27. The summed E-state index contributed by atoms with van der Waals surface area (Å²) >= 11 is 0. The highest BCUT2D eigenvalue weighted by atomic mass is 16.5. The summed E-state index contributed by atoms with van der Waals surface area (Å²) < 4.78 is 31.0. The highest BCUT2D eigenvalue weighted by molar-refractivity contribution is 5.77. The fraction of sp³-hybridized carbons (Fsp3) is 0.909. The Hall–Kier alpha value is -0.570. The van der Waals surface area contributed by atoms with Gasteiger partial charge in [-0.2, -0.15) is 0 Å². The third kappa shape index (κ3) is 1.26. The van der Waals surface area contributed by atoms with Crippen molar-refractivity contribution in [2.75, 3.05) is 20.8 Å². The normalized spacial score (nSPS) is 44.2. The maximum Gasteiger partial charge on any atom is 0.311 e. The lowest BCUT2D eigenvalue weighted by atomic mass is 9.82. The molecule has 0 aromatic heterocycles. The highest BCUT2D eigenvalue weighted by Gasteiger charge is 2.58. The predicted molar refractivity (Wildman–Crippen MR) is 51.8 cm³/mol. The van der Waals surface area contributed by atoms with Crippen molar-refractivity contribution in [1.82, 2.24) is 0 Å². The van der Waals surface area contributed by atoms with E-state index in [0.29, 0.717) is 6.42 Å². The van der Waals surface area contributed by atoms with Crippen molar-refractivity contribution in [3.63, 3.8) is 0 Å². The van der Waals surface area contributed by atoms with Gasteiger partial charge >= 0.3 is 5.97 Å². The average molecular weight is 201 g/mol. The third-order valence-electron chi connectivity index (χ3n) is 3.98. The molecule has 0 radical (unpaired) electrons. The van der Waals surface area contributed by atoms with Crippen molar-refractivity contribution in [2.24, 2.45) is 10.8 Å². The molecule has 0 aromatic rings. The summed E-state index contributed by atoms with van der Waals surface area (Å²) in [5.74, 6) is -0.147. The van der Waals surface area contributed by atoms with Crippen LogP contribution in [0.5, 0.6) is 0 Å². The van der Waals surface area contributed by atoms with Crippen LogP contribution in [0.25, 0.3) is 0 Å². The quantitative estimate of drug-likeness (QED) is 0.653. The molecule has 2 fully saturated rings. The molecule has 0 aromatic carbocycles. The fourth-order valence-electron chi connectivity index (χ4n) is 3.17. The van der Waals surface area contributed by atoms with Crippen LogP contribution in [0.3, 0.4) is 0 Å². The van der Waals surface area contributed by atoms with E-state index in [1.165, 1.54) is 7.11 Å². The standard InChI is InChI=1S/C11H18O3/c1-13-8-10-3-5-11(7-10,6-4-10)9(12)14-2/h3-8H2,1-2H3/i1D3. The fourth-order valence-corrected chi connectivity index (χ4v) is 3.17. The summed E-state index contributed by atoms with van der Waals surface area (Å²) in [6.45, 7) is 0.224. The van der Waals surface area contributed by atoms with Gasteiger partial charge in [0.15, 0.2) is 0 Å². The van der Waals surface area contributed by atoms with Gasteiger partial charge in [-0.05, 0) is 37.5 Å². The summed E-state index contributed by atoms with van der Waals surface area (Å²) in [5, 5.41) is 0. The van der Waals surface area contributed by atoms with Gasteiger partial charge < -0.3 is 9.47 Å². The number of esters is 1. The Kier molecular flexibility index (Phi) is 1.57. The van der Waals surface area contributed by atoms with Crippen molar-refractivity contribution >= 4 is 5.97 Å². The summed E-state index contributed by atoms with van der Waals surface area (Å²) in [6, 6.07) is 0. The lowest BCUT2D eigenvalue weighted by Gasteiger charge is -2.25. The van der Waals surface area contributed by atoms with Crippen LogP contribution in [-0.2, 0) is 14.3 Å². The van der Waals surface area contributed by atoms with E-state index in [0.717, 1.165) is 25.7 Å². The van der Waals surface area contributed by atoms with Crippen LogP contribution >= 0.6 is 0 Å². The van der Waals surface area contributed by atoms with Gasteiger partial charge in [0.25, 0.3) is 0 Å². The van der Waals surface area contributed by atoms with Crippen LogP contribution in [0, 0.1) is 10.8 Å². The van der Waals surface area contributed by atoms with Crippen LogP contribution in [0.15, 0.2) is 0 Å². The van der Waals surface area contributed by atoms with Crippen molar-refractivity contribution < 1.29 is 18.4 Å². The smallest absolute Gasteiger partial charge is 0.311 e. The topological polar surface area (TPSA) is 35.5 Å². The van der Waals surface area contributed by atoms with Crippen molar-refractivity contribution in [1.29, 1.82) is 0 Å². The van der Waals surface area contributed by atoms with Crippen LogP contribution in [0.4, 0.5) is 0 Å². The first-order valence-corrected chi connectivity index (χ1v) is 5.03. The molecule has 0 N–H and O–H groups in total. The minimum atomic E-state index is -2.34. The second-order valence-corrected chi connectivity index (χ2v) is 4.74. The van der Waals surface area contributed by atoms with E-state index in [9.17, 15) is 4.79 Å². The minimum Gasteiger partial charge on any atom is -0.469 e. The lowest BCUT2D eigenvalue weighted by molar-refractivity contribution is -0.152. The molecule has 0 heterocycles. The molecular weight excluding hydrogens is 180 g/mol. The number of ether oxygens (including phenoxy) is 2. The van der Waals surface area contributed by atoms with Gasteiger partial charge in [-0.3, -0.25) is 4.79 Å². The monoisotopic (exact) mass is 201 g/mol. The number of carbonyl (C=O) groups is 1. The van der Waals surface area contributed by atoms with E-state index >= 15 is 0 Å². The van der Waals surface area contributed by atoms with Crippen molar-refractivity contribution in [3.05, 3.63) is 0 Å². The third-order valence-corrected chi connectivity index (χ3v) is 3.98. The van der Waals surface area contributed by atoms with Gasteiger partial charge in [-0.15, -0.1) is 0 Å². The Labute approximate surface area is 89.0 Å². The van der Waals surface area contributed by atoms with Crippen LogP contribution in [0.1, 0.15) is 36.2 Å². The molecule has 80 valence electrons. The van der Waals surface area contributed by atoms with Crippen LogP contribution in [-0.4, -0.2) is 26.7 Å². The maximum atomic E-state index is 11.8. The molecule has 2 aliphatic carbocycles. The van der Waals surface area contributed by atoms with Gasteiger partial charge in [0.1, 0.15) is 0 Å². The van der Waals surface area contributed by atoms with E-state index in [2.05, 4.69) is 0 Å². The first kappa shape index (κ1) is 6.83. The molecule has 3 heteroatoms. The summed E-state index contributed by atoms with van der Waals surface area (Å²) in [7, 11) is -0.928. The van der Waals surface area contributed by atoms with Gasteiger partial charge in [-0.1, -0.05) is 0 Å². The van der Waals surface area contributed by atoms with Crippen molar-refractivity contribution in [3.8, 4) is 0 Å². The molecule has 0 atom stereocenters. The first-order valence-electron chi connectivity index (χ1n) is 6.53. The minimum absolute atomic E-state index is 0.122. The average Bonchev–Trinajstić information content (AvgIpc) is 2.82. The zero-order valence-corrected chi connectivity index (χ0v) is 8.47. The van der Waals surface area contributed by atoms with Gasteiger partial charge in [-0.25, -0.2) is 0 Å². The maximum absolute atomic E-state index is 11.8. The number of carbonyl (C=O) groups excluding carboxylic acids is 1. The Morgan fingerprint density at radius 2 is 2.14 bits per heavy atom. The zero-order valence-electron chi connectivity index (χ0n) is 11.5. The predicted octanol–water partition coefficient (Wildman–Crippen LogP) is 1.76. The SMILES string of the molecule is [2H]C([2H])([2H])OCC12CCC(C(=O)OC)(CC1)C2. The van der Waals surface area contributed by atoms with Gasteiger partial charge in [0.2, 0.25) is 0 Å². The molecule has 2 aliphatic rings. The van der Waals surface area contributed by atoms with Crippen LogP contribution < -0.4 is 0 Å². The van der Waals surface area contributed by atoms with E-state index in [-0.39, 0.29) is 23.4 Å². The molecule has 0 unspecified atom stereocenters. The first-order chi connectivity index (χ1) is 7.81. The molecular formula is C11H18O3. The number of hydrogen-bond donors (Lipinski definition) is 0. The van der Waals surface area contributed by atoms with E-state index in [1.807, 2.05) is 0 Å². The molecule has 2 rings (SSSR count). The van der Waals surface area contributed by atoms with Crippen LogP contribution in [0.2, 0.25) is 0 Å². The summed E-state index contributed by atoms with van der Waals surface area (Å²) in [6.07, 6.45) is 4.02. The second kappa shape index (κ2) is 3.23. The summed E-state index contributed by atoms with van der Waals surface area (Å²) in [4.78, 5) is 11.8. The number of fused-ring (bicyclic) bond motifs is 2. The Balaban J connectivity index is 2.01. The molecule has 2 bridgehead atoms. The second-order valence-electron chi connectivity index (χ2n) is 4.74. The molecule has 3 nitrogen and oxygen atoms in total. The van der Waals surface area contributed by atoms with Crippen molar-refractivity contribution in [2.45, 2.75) is 32.1 Å². The van der Waals surface area contributed by atoms with E-state index in [1.54, 1.807) is 0 Å². The largest absolute Gasteiger partial charge is 0.469 e. The van der Waals surface area contributed by atoms with Gasteiger partial charge in [0, 0.05) is 7.04 Å². The molecule has 0 amide bonds. The number of rotatable bonds is 3. The zero-order chi connectivity index (χ0) is 12.7. The molecule has 2 saturated carbocycles. The number of methoxy groups -OCH3 is 2. The number of hydrogen-bond acceptors (Lipinski definition) is 3. The molecule has 14 heavy (non-hydrogen) atoms. The Morgan fingerprint density at radius 3 is 2.71 bits per heavy atom. The Bertz CT molecular complexity index is 316. The molecule has 0 aliphatic heterocycles. The summed E-state index contributed by atoms with van der Waals surface area (Å²) in [5.41, 5.74) is -0.491.